The van der Waals surface area contributed by atoms with Crippen LogP contribution in [0, 0.1) is 0 Å². The summed E-state index contributed by atoms with van der Waals surface area (Å²) in [6.45, 7) is 0.366. The molecule has 7 heteroatoms. The summed E-state index contributed by atoms with van der Waals surface area (Å²) in [6, 6.07) is 24.5. The highest BCUT2D eigenvalue weighted by atomic mass is 16.5. The van der Waals surface area contributed by atoms with Crippen LogP contribution in [0.15, 0.2) is 78.9 Å². The minimum absolute atomic E-state index is 0.270. The number of urea groups is 1. The summed E-state index contributed by atoms with van der Waals surface area (Å²) >= 11 is 0. The van der Waals surface area contributed by atoms with E-state index in [4.69, 9.17) is 14.5 Å². The van der Waals surface area contributed by atoms with Gasteiger partial charge < -0.3 is 25.1 Å². The first-order chi connectivity index (χ1) is 16.2. The van der Waals surface area contributed by atoms with Crippen LogP contribution in [-0.4, -0.2) is 36.8 Å². The molecule has 3 aromatic carbocycles. The van der Waals surface area contributed by atoms with Crippen molar-refractivity contribution in [3.05, 3.63) is 95.8 Å². The number of hydrogen-bond acceptors (Lipinski definition) is 4. The van der Waals surface area contributed by atoms with E-state index in [-0.39, 0.29) is 18.1 Å². The summed E-state index contributed by atoms with van der Waals surface area (Å²) in [5.41, 5.74) is 3.81. The van der Waals surface area contributed by atoms with Crippen molar-refractivity contribution in [2.24, 2.45) is 0 Å². The predicted molar refractivity (Wildman–Crippen MR) is 128 cm³/mol. The van der Waals surface area contributed by atoms with Crippen molar-refractivity contribution in [2.45, 2.75) is 18.5 Å². The second kappa shape index (κ2) is 10.7. The van der Waals surface area contributed by atoms with Gasteiger partial charge in [-0.05, 0) is 41.8 Å². The van der Waals surface area contributed by atoms with E-state index < -0.39 is 0 Å². The van der Waals surface area contributed by atoms with E-state index in [0.717, 1.165) is 27.9 Å². The molecule has 0 unspecified atom stereocenters. The van der Waals surface area contributed by atoms with Crippen LogP contribution in [0.1, 0.15) is 29.0 Å². The SMILES string of the molecule is COC[C@H](NC(=O)N[C@H](Cc1ccc(OC)cc1)c1nc2ccccc2[nH]1)c1ccccc1. The third-order valence-corrected chi connectivity index (χ3v) is 5.48. The molecule has 4 rings (SSSR count). The quantitative estimate of drug-likeness (QED) is 0.354. The molecule has 2 atom stereocenters. The Hall–Kier alpha value is -3.84. The van der Waals surface area contributed by atoms with Gasteiger partial charge in [-0.15, -0.1) is 0 Å². The highest BCUT2D eigenvalue weighted by Gasteiger charge is 2.21. The number of carbonyl (C=O) groups is 1. The van der Waals surface area contributed by atoms with Crippen LogP contribution >= 0.6 is 0 Å². The maximum atomic E-state index is 13.1. The van der Waals surface area contributed by atoms with E-state index in [2.05, 4.69) is 15.6 Å². The lowest BCUT2D eigenvalue weighted by molar-refractivity contribution is 0.165. The van der Waals surface area contributed by atoms with Crippen LogP contribution in [0.5, 0.6) is 5.75 Å². The highest BCUT2D eigenvalue weighted by Crippen LogP contribution is 2.22. The molecule has 4 aromatic rings. The van der Waals surface area contributed by atoms with Gasteiger partial charge in [0, 0.05) is 7.11 Å². The zero-order valence-corrected chi connectivity index (χ0v) is 18.7. The van der Waals surface area contributed by atoms with E-state index in [1.54, 1.807) is 14.2 Å². The largest absolute Gasteiger partial charge is 0.497 e. The molecule has 0 saturated heterocycles. The molecule has 2 amide bonds. The van der Waals surface area contributed by atoms with Gasteiger partial charge in [0.25, 0.3) is 0 Å². The lowest BCUT2D eigenvalue weighted by Crippen LogP contribution is -2.42. The number of para-hydroxylation sites is 2. The lowest BCUT2D eigenvalue weighted by Gasteiger charge is -2.22. The van der Waals surface area contributed by atoms with Crippen LogP contribution < -0.4 is 15.4 Å². The Morgan fingerprint density at radius 3 is 2.30 bits per heavy atom. The summed E-state index contributed by atoms with van der Waals surface area (Å²) in [4.78, 5) is 21.1. The number of H-pyrrole nitrogens is 1. The Balaban J connectivity index is 1.55. The number of imidazole rings is 1. The third-order valence-electron chi connectivity index (χ3n) is 5.48. The molecular weight excluding hydrogens is 416 g/mol. The van der Waals surface area contributed by atoms with Crippen molar-refractivity contribution in [1.82, 2.24) is 20.6 Å². The normalized spacial score (nSPS) is 12.8. The number of aromatic nitrogens is 2. The number of nitrogens with zero attached hydrogens (tertiary/aromatic N) is 1. The molecule has 1 aromatic heterocycles. The number of hydrogen-bond donors (Lipinski definition) is 3. The Morgan fingerprint density at radius 1 is 0.909 bits per heavy atom. The van der Waals surface area contributed by atoms with Crippen molar-refractivity contribution in [3.63, 3.8) is 0 Å². The average Bonchev–Trinajstić information content (AvgIpc) is 3.29. The molecule has 170 valence electrons. The van der Waals surface area contributed by atoms with Crippen molar-refractivity contribution >= 4 is 17.1 Å². The second-order valence-corrected chi connectivity index (χ2v) is 7.78. The fourth-order valence-corrected chi connectivity index (χ4v) is 3.78. The molecule has 0 radical (unpaired) electrons. The van der Waals surface area contributed by atoms with Gasteiger partial charge >= 0.3 is 6.03 Å². The highest BCUT2D eigenvalue weighted by molar-refractivity contribution is 5.77. The van der Waals surface area contributed by atoms with Gasteiger partial charge in [0.1, 0.15) is 11.6 Å². The molecule has 0 aliphatic carbocycles. The van der Waals surface area contributed by atoms with Crippen LogP contribution in [0.3, 0.4) is 0 Å². The molecule has 33 heavy (non-hydrogen) atoms. The van der Waals surface area contributed by atoms with Gasteiger partial charge in [-0.25, -0.2) is 9.78 Å². The zero-order chi connectivity index (χ0) is 23.0. The maximum Gasteiger partial charge on any atom is 0.315 e. The number of carbonyl (C=O) groups excluding carboxylic acids is 1. The summed E-state index contributed by atoms with van der Waals surface area (Å²) in [5.74, 6) is 1.49. The number of amides is 2. The number of benzene rings is 3. The molecule has 0 aliphatic heterocycles. The van der Waals surface area contributed by atoms with Crippen molar-refractivity contribution in [1.29, 1.82) is 0 Å². The van der Waals surface area contributed by atoms with Gasteiger partial charge in [-0.3, -0.25) is 0 Å². The third kappa shape index (κ3) is 5.70. The molecule has 3 N–H and O–H groups in total. The van der Waals surface area contributed by atoms with Crippen LogP contribution in [0.2, 0.25) is 0 Å². The summed E-state index contributed by atoms with van der Waals surface area (Å²) < 4.78 is 10.6. The van der Waals surface area contributed by atoms with E-state index in [1.165, 1.54) is 0 Å². The molecule has 1 heterocycles. The van der Waals surface area contributed by atoms with Gasteiger partial charge in [0.15, 0.2) is 0 Å². The first-order valence-corrected chi connectivity index (χ1v) is 10.8. The smallest absolute Gasteiger partial charge is 0.315 e. The predicted octanol–water partition coefficient (Wildman–Crippen LogP) is 4.54. The van der Waals surface area contributed by atoms with E-state index in [1.807, 2.05) is 78.9 Å². The zero-order valence-electron chi connectivity index (χ0n) is 18.7. The van der Waals surface area contributed by atoms with E-state index in [0.29, 0.717) is 18.9 Å². The van der Waals surface area contributed by atoms with Crippen molar-refractivity contribution in [2.75, 3.05) is 20.8 Å². The monoisotopic (exact) mass is 444 g/mol. The Bertz CT molecular complexity index is 1140. The van der Waals surface area contributed by atoms with Gasteiger partial charge in [0.2, 0.25) is 0 Å². The molecule has 0 saturated carbocycles. The number of ether oxygens (including phenoxy) is 2. The number of rotatable bonds is 9. The fourth-order valence-electron chi connectivity index (χ4n) is 3.78. The number of fused-ring (bicyclic) bond motifs is 1. The minimum atomic E-state index is -0.357. The molecule has 0 spiro atoms. The van der Waals surface area contributed by atoms with Crippen LogP contribution in [0.4, 0.5) is 4.79 Å². The van der Waals surface area contributed by atoms with Gasteiger partial charge in [0.05, 0.1) is 36.8 Å². The molecule has 0 fully saturated rings. The van der Waals surface area contributed by atoms with Crippen LogP contribution in [-0.2, 0) is 11.2 Å². The number of aromatic amines is 1. The lowest BCUT2D eigenvalue weighted by atomic mass is 10.1. The summed E-state index contributed by atoms with van der Waals surface area (Å²) in [7, 11) is 3.26. The summed E-state index contributed by atoms with van der Waals surface area (Å²) in [5, 5.41) is 6.13. The molecule has 7 nitrogen and oxygen atoms in total. The standard InChI is InChI=1S/C26H28N4O3/c1-32-17-24(19-8-4-3-5-9-19)30-26(31)29-23(16-18-12-14-20(33-2)15-13-18)25-27-21-10-6-7-11-22(21)28-25/h3-15,23-24H,16-17H2,1-2H3,(H,27,28)(H2,29,30,31)/t23-,24+/m1/s1. The fraction of sp³-hybridized carbons (Fsp3) is 0.231. The van der Waals surface area contributed by atoms with E-state index >= 15 is 0 Å². The Kier molecular flexibility index (Phi) is 7.22. The van der Waals surface area contributed by atoms with Gasteiger partial charge in [-0.1, -0.05) is 54.6 Å². The average molecular weight is 445 g/mol. The van der Waals surface area contributed by atoms with Crippen LogP contribution in [0.25, 0.3) is 11.0 Å². The number of methoxy groups -OCH3 is 2. The number of nitrogens with one attached hydrogen (secondary N) is 3. The van der Waals surface area contributed by atoms with Crippen molar-refractivity contribution in [3.8, 4) is 5.75 Å². The van der Waals surface area contributed by atoms with Crippen molar-refractivity contribution < 1.29 is 14.3 Å². The van der Waals surface area contributed by atoms with E-state index in [9.17, 15) is 4.79 Å². The molecular formula is C26H28N4O3. The van der Waals surface area contributed by atoms with Gasteiger partial charge in [-0.2, -0.15) is 0 Å². The summed E-state index contributed by atoms with van der Waals surface area (Å²) in [6.07, 6.45) is 0.567. The Morgan fingerprint density at radius 2 is 1.61 bits per heavy atom. The minimum Gasteiger partial charge on any atom is -0.497 e. The molecule has 0 aliphatic rings. The Labute approximate surface area is 193 Å². The maximum absolute atomic E-state index is 13.1. The first kappa shape index (κ1) is 22.4. The first-order valence-electron chi connectivity index (χ1n) is 10.8. The topological polar surface area (TPSA) is 88.3 Å². The second-order valence-electron chi connectivity index (χ2n) is 7.78. The molecule has 0 bridgehead atoms.